The largest absolute Gasteiger partial charge is 0.385 e. The first-order valence-electron chi connectivity index (χ1n) is 8.83. The summed E-state index contributed by atoms with van der Waals surface area (Å²) < 4.78 is 0. The first kappa shape index (κ1) is 16.1. The first-order chi connectivity index (χ1) is 10.9. The summed E-state index contributed by atoms with van der Waals surface area (Å²) in [7, 11) is 0. The van der Waals surface area contributed by atoms with Gasteiger partial charge in [0.15, 0.2) is 0 Å². The Morgan fingerprint density at radius 1 is 1.43 bits per heavy atom. The van der Waals surface area contributed by atoms with Gasteiger partial charge in [0.25, 0.3) is 0 Å². The molecule has 1 unspecified atom stereocenters. The lowest BCUT2D eigenvalue weighted by Crippen LogP contribution is -2.27. The monoisotopic (exact) mass is 311 g/mol. The van der Waals surface area contributed by atoms with Crippen molar-refractivity contribution in [2.45, 2.75) is 53.4 Å². The Hall–Kier alpha value is -1.77. The molecular weight excluding hydrogens is 282 g/mol. The van der Waals surface area contributed by atoms with Crippen LogP contribution in [0.15, 0.2) is 18.8 Å². The van der Waals surface area contributed by atoms with Gasteiger partial charge in [-0.25, -0.2) is 0 Å². The van der Waals surface area contributed by atoms with Crippen molar-refractivity contribution >= 4 is 16.7 Å². The van der Waals surface area contributed by atoms with E-state index in [-0.39, 0.29) is 0 Å². The van der Waals surface area contributed by atoms with Crippen molar-refractivity contribution in [1.29, 1.82) is 0 Å². The molecule has 1 aliphatic rings. The summed E-state index contributed by atoms with van der Waals surface area (Å²) in [5.74, 6) is 0.741. The lowest BCUT2D eigenvalue weighted by Gasteiger charge is -2.34. The van der Waals surface area contributed by atoms with Crippen molar-refractivity contribution < 1.29 is 0 Å². The van der Waals surface area contributed by atoms with Crippen LogP contribution < -0.4 is 5.32 Å². The van der Waals surface area contributed by atoms with Crippen LogP contribution in [0, 0.1) is 11.3 Å². The van der Waals surface area contributed by atoms with Gasteiger partial charge in [0, 0.05) is 29.7 Å². The van der Waals surface area contributed by atoms with Crippen LogP contribution in [0.5, 0.6) is 0 Å². The first-order valence-corrected chi connectivity index (χ1v) is 8.83. The van der Waals surface area contributed by atoms with Gasteiger partial charge >= 0.3 is 0 Å². The van der Waals surface area contributed by atoms with Gasteiger partial charge in [0.1, 0.15) is 0 Å². The van der Waals surface area contributed by atoms with Crippen molar-refractivity contribution in [3.8, 4) is 0 Å². The number of H-pyrrole nitrogens is 1. The molecule has 1 aliphatic carbocycles. The zero-order valence-corrected chi connectivity index (χ0v) is 14.9. The van der Waals surface area contributed by atoms with Gasteiger partial charge in [0.05, 0.1) is 11.0 Å². The van der Waals surface area contributed by atoms with E-state index in [0.29, 0.717) is 5.41 Å². The molecule has 0 spiro atoms. The Labute approximate surface area is 139 Å². The number of pyridine rings is 1. The van der Waals surface area contributed by atoms with Gasteiger partial charge in [-0.1, -0.05) is 34.3 Å². The normalized spacial score (nSPS) is 18.0. The third-order valence-electron chi connectivity index (χ3n) is 5.15. The fraction of sp³-hybridized carbons (Fsp3) is 0.550. The summed E-state index contributed by atoms with van der Waals surface area (Å²) in [6.45, 7) is 14.3. The summed E-state index contributed by atoms with van der Waals surface area (Å²) in [4.78, 5) is 8.38. The Morgan fingerprint density at radius 3 is 2.91 bits per heavy atom. The summed E-state index contributed by atoms with van der Waals surface area (Å²) in [5.41, 5.74) is 7.33. The maximum absolute atomic E-state index is 4.99. The van der Waals surface area contributed by atoms with Crippen molar-refractivity contribution in [2.75, 3.05) is 6.54 Å². The summed E-state index contributed by atoms with van der Waals surface area (Å²) in [5, 5.41) is 3.38. The number of hydrogen-bond donors (Lipinski definition) is 2. The smallest absolute Gasteiger partial charge is 0.0975 e. The molecule has 0 bridgehead atoms. The van der Waals surface area contributed by atoms with E-state index in [1.54, 1.807) is 0 Å². The summed E-state index contributed by atoms with van der Waals surface area (Å²) in [6, 6.07) is 2.31. The average molecular weight is 311 g/mol. The SMILES string of the molecule is C=C(NCCC)c1c[nH]c2cc3c(nc12)CCC(C(C)(C)C)C3. The topological polar surface area (TPSA) is 40.7 Å². The fourth-order valence-corrected chi connectivity index (χ4v) is 3.54. The molecule has 2 aromatic heterocycles. The lowest BCUT2D eigenvalue weighted by molar-refractivity contribution is 0.215. The maximum Gasteiger partial charge on any atom is 0.0975 e. The Kier molecular flexibility index (Phi) is 4.22. The van der Waals surface area contributed by atoms with Crippen molar-refractivity contribution in [1.82, 2.24) is 15.3 Å². The van der Waals surface area contributed by atoms with Gasteiger partial charge in [-0.3, -0.25) is 4.98 Å². The third-order valence-corrected chi connectivity index (χ3v) is 5.15. The molecule has 3 heteroatoms. The van der Waals surface area contributed by atoms with Gasteiger partial charge in [-0.15, -0.1) is 0 Å². The molecule has 0 saturated heterocycles. The number of nitrogens with one attached hydrogen (secondary N) is 2. The van der Waals surface area contributed by atoms with Gasteiger partial charge in [-0.05, 0) is 48.6 Å². The van der Waals surface area contributed by atoms with E-state index in [0.717, 1.165) is 54.0 Å². The zero-order valence-electron chi connectivity index (χ0n) is 14.9. The van der Waals surface area contributed by atoms with E-state index in [1.807, 2.05) is 6.20 Å². The number of aromatic amines is 1. The number of fused-ring (bicyclic) bond motifs is 2. The molecule has 2 aromatic rings. The standard InChI is InChI=1S/C20H29N3/c1-6-9-21-13(2)16-12-22-18-11-14-10-15(20(3,4)5)7-8-17(14)23-19(16)18/h11-12,15,21-22H,2,6-10H2,1,3-5H3. The lowest BCUT2D eigenvalue weighted by atomic mass is 9.71. The molecule has 1 atom stereocenters. The van der Waals surface area contributed by atoms with Crippen molar-refractivity contribution in [3.05, 3.63) is 35.7 Å². The van der Waals surface area contributed by atoms with Crippen LogP contribution in [0.2, 0.25) is 0 Å². The van der Waals surface area contributed by atoms with Crippen LogP contribution in [0.25, 0.3) is 16.7 Å². The van der Waals surface area contributed by atoms with E-state index in [4.69, 9.17) is 4.98 Å². The number of aromatic nitrogens is 2. The summed E-state index contributed by atoms with van der Waals surface area (Å²) in [6.07, 6.45) is 6.61. The number of nitrogens with zero attached hydrogens (tertiary/aromatic N) is 1. The van der Waals surface area contributed by atoms with Crippen LogP contribution in [0.3, 0.4) is 0 Å². The Morgan fingerprint density at radius 2 is 2.22 bits per heavy atom. The highest BCUT2D eigenvalue weighted by Gasteiger charge is 2.29. The molecule has 0 radical (unpaired) electrons. The van der Waals surface area contributed by atoms with Crippen molar-refractivity contribution in [3.63, 3.8) is 0 Å². The molecule has 3 rings (SSSR count). The van der Waals surface area contributed by atoms with Crippen LogP contribution in [0.1, 0.15) is 57.4 Å². The molecular formula is C20H29N3. The minimum Gasteiger partial charge on any atom is -0.385 e. The van der Waals surface area contributed by atoms with E-state index < -0.39 is 0 Å². The zero-order chi connectivity index (χ0) is 16.6. The van der Waals surface area contributed by atoms with E-state index in [2.05, 4.69) is 50.6 Å². The molecule has 2 N–H and O–H groups in total. The second-order valence-electron chi connectivity index (χ2n) is 7.90. The van der Waals surface area contributed by atoms with Gasteiger partial charge in [0.2, 0.25) is 0 Å². The predicted octanol–water partition coefficient (Wildman–Crippen LogP) is 4.68. The second kappa shape index (κ2) is 6.03. The maximum atomic E-state index is 4.99. The van der Waals surface area contributed by atoms with E-state index in [1.165, 1.54) is 17.7 Å². The predicted molar refractivity (Wildman–Crippen MR) is 98.4 cm³/mol. The molecule has 0 aliphatic heterocycles. The minimum atomic E-state index is 0.367. The van der Waals surface area contributed by atoms with Gasteiger partial charge < -0.3 is 10.3 Å². The highest BCUT2D eigenvalue weighted by atomic mass is 14.9. The van der Waals surface area contributed by atoms with Crippen LogP contribution in [0.4, 0.5) is 0 Å². The molecule has 0 saturated carbocycles. The third kappa shape index (κ3) is 3.15. The van der Waals surface area contributed by atoms with Crippen molar-refractivity contribution in [2.24, 2.45) is 11.3 Å². The summed E-state index contributed by atoms with van der Waals surface area (Å²) >= 11 is 0. The Balaban J connectivity index is 1.93. The number of rotatable bonds is 4. The number of hydrogen-bond acceptors (Lipinski definition) is 2. The molecule has 23 heavy (non-hydrogen) atoms. The quantitative estimate of drug-likeness (QED) is 0.860. The molecule has 124 valence electrons. The molecule has 0 aromatic carbocycles. The molecule has 2 heterocycles. The number of aryl methyl sites for hydroxylation is 1. The van der Waals surface area contributed by atoms with Crippen LogP contribution in [-0.4, -0.2) is 16.5 Å². The van der Waals surface area contributed by atoms with Crippen LogP contribution in [-0.2, 0) is 12.8 Å². The van der Waals surface area contributed by atoms with E-state index >= 15 is 0 Å². The Bertz CT molecular complexity index is 718. The highest BCUT2D eigenvalue weighted by molar-refractivity contribution is 5.89. The highest BCUT2D eigenvalue weighted by Crippen LogP contribution is 2.38. The molecule has 0 amide bonds. The fourth-order valence-electron chi connectivity index (χ4n) is 3.54. The average Bonchev–Trinajstić information content (AvgIpc) is 2.91. The molecule has 3 nitrogen and oxygen atoms in total. The molecule has 0 fully saturated rings. The van der Waals surface area contributed by atoms with Crippen LogP contribution >= 0.6 is 0 Å². The van der Waals surface area contributed by atoms with Gasteiger partial charge in [-0.2, -0.15) is 0 Å². The second-order valence-corrected chi connectivity index (χ2v) is 7.90. The van der Waals surface area contributed by atoms with E-state index in [9.17, 15) is 0 Å². The minimum absolute atomic E-state index is 0.367.